The summed E-state index contributed by atoms with van der Waals surface area (Å²) < 4.78 is 15.8. The molecular formula is C52H32N2O2. The van der Waals surface area contributed by atoms with Crippen molar-refractivity contribution in [2.45, 2.75) is 0 Å². The Labute approximate surface area is 321 Å². The van der Waals surface area contributed by atoms with Crippen molar-refractivity contribution in [3.05, 3.63) is 194 Å². The first-order valence-corrected chi connectivity index (χ1v) is 19.0. The van der Waals surface area contributed by atoms with E-state index in [4.69, 9.17) is 8.83 Å². The van der Waals surface area contributed by atoms with E-state index in [1.54, 1.807) is 0 Å². The lowest BCUT2D eigenvalue weighted by Gasteiger charge is -2.26. The fourth-order valence-electron chi connectivity index (χ4n) is 8.91. The fraction of sp³-hybridized carbons (Fsp3) is 0. The number of furan rings is 2. The third kappa shape index (κ3) is 4.53. The third-order valence-electron chi connectivity index (χ3n) is 11.3. The molecule has 0 radical (unpaired) electrons. The number of nitrogens with zero attached hydrogens (tertiary/aromatic N) is 2. The van der Waals surface area contributed by atoms with Crippen LogP contribution in [-0.4, -0.2) is 4.57 Å². The van der Waals surface area contributed by atoms with E-state index < -0.39 is 0 Å². The van der Waals surface area contributed by atoms with Crippen LogP contribution >= 0.6 is 0 Å². The van der Waals surface area contributed by atoms with Gasteiger partial charge in [0.15, 0.2) is 0 Å². The number of aromatic nitrogens is 1. The fourth-order valence-corrected chi connectivity index (χ4v) is 8.91. The Kier molecular flexibility index (Phi) is 6.60. The molecule has 3 heterocycles. The molecule has 0 N–H and O–H groups in total. The maximum atomic E-state index is 6.72. The first-order chi connectivity index (χ1) is 27.8. The van der Waals surface area contributed by atoms with Crippen molar-refractivity contribution < 1.29 is 8.83 Å². The highest BCUT2D eigenvalue weighted by molar-refractivity contribution is 6.29. The lowest BCUT2D eigenvalue weighted by Crippen LogP contribution is -2.10. The van der Waals surface area contributed by atoms with Gasteiger partial charge in [0, 0.05) is 72.3 Å². The van der Waals surface area contributed by atoms with Gasteiger partial charge in [0.25, 0.3) is 0 Å². The van der Waals surface area contributed by atoms with Crippen LogP contribution < -0.4 is 4.90 Å². The summed E-state index contributed by atoms with van der Waals surface area (Å²) in [5.74, 6) is 0. The summed E-state index contributed by atoms with van der Waals surface area (Å²) in [5.41, 5.74) is 12.2. The number of para-hydroxylation sites is 5. The number of hydrogen-bond donors (Lipinski definition) is 0. The van der Waals surface area contributed by atoms with Crippen molar-refractivity contribution in [3.8, 4) is 16.8 Å². The lowest BCUT2D eigenvalue weighted by atomic mass is 9.93. The van der Waals surface area contributed by atoms with Crippen LogP contribution in [0.4, 0.5) is 17.1 Å². The highest BCUT2D eigenvalue weighted by atomic mass is 16.3. The van der Waals surface area contributed by atoms with Gasteiger partial charge in [0.2, 0.25) is 0 Å². The van der Waals surface area contributed by atoms with Gasteiger partial charge in [0.1, 0.15) is 22.3 Å². The van der Waals surface area contributed by atoms with E-state index in [1.165, 1.54) is 21.5 Å². The van der Waals surface area contributed by atoms with Gasteiger partial charge >= 0.3 is 0 Å². The highest BCUT2D eigenvalue weighted by Gasteiger charge is 2.25. The summed E-state index contributed by atoms with van der Waals surface area (Å²) in [6, 6.07) is 68.9. The van der Waals surface area contributed by atoms with Crippen LogP contribution in [0.2, 0.25) is 0 Å². The highest BCUT2D eigenvalue weighted by Crippen LogP contribution is 2.49. The normalized spacial score (nSPS) is 11.9. The van der Waals surface area contributed by atoms with Gasteiger partial charge in [-0.25, -0.2) is 0 Å². The van der Waals surface area contributed by atoms with E-state index >= 15 is 0 Å². The maximum Gasteiger partial charge on any atom is 0.143 e. The minimum absolute atomic E-state index is 0.842. The van der Waals surface area contributed by atoms with Gasteiger partial charge in [-0.2, -0.15) is 0 Å². The minimum atomic E-state index is 0.842. The van der Waals surface area contributed by atoms with Crippen molar-refractivity contribution in [2.75, 3.05) is 4.90 Å². The van der Waals surface area contributed by atoms with Crippen molar-refractivity contribution in [1.29, 1.82) is 0 Å². The Morgan fingerprint density at radius 2 is 1.02 bits per heavy atom. The van der Waals surface area contributed by atoms with Gasteiger partial charge in [-0.15, -0.1) is 0 Å². The van der Waals surface area contributed by atoms with Gasteiger partial charge in [-0.05, 0) is 77.5 Å². The molecule has 4 heteroatoms. The molecule has 56 heavy (non-hydrogen) atoms. The smallest absolute Gasteiger partial charge is 0.143 e. The largest absolute Gasteiger partial charge is 0.456 e. The molecule has 0 fully saturated rings. The summed E-state index contributed by atoms with van der Waals surface area (Å²) in [6.07, 6.45) is 0. The zero-order valence-electron chi connectivity index (χ0n) is 30.2. The van der Waals surface area contributed by atoms with Crippen LogP contribution in [-0.2, 0) is 0 Å². The lowest BCUT2D eigenvalue weighted by molar-refractivity contribution is 0.669. The molecule has 9 aromatic carbocycles. The summed E-state index contributed by atoms with van der Waals surface area (Å²) in [4.78, 5) is 2.33. The maximum absolute atomic E-state index is 6.72. The number of rotatable bonds is 5. The van der Waals surface area contributed by atoms with Crippen LogP contribution in [0.15, 0.2) is 203 Å². The van der Waals surface area contributed by atoms with E-state index in [0.717, 1.165) is 88.8 Å². The molecule has 0 aliphatic rings. The second-order valence-corrected chi connectivity index (χ2v) is 14.5. The predicted octanol–water partition coefficient (Wildman–Crippen LogP) is 14.9. The molecule has 0 spiro atoms. The topological polar surface area (TPSA) is 34.5 Å². The Morgan fingerprint density at radius 1 is 0.375 bits per heavy atom. The number of fused-ring (bicyclic) bond motifs is 10. The van der Waals surface area contributed by atoms with Crippen molar-refractivity contribution >= 4 is 93.5 Å². The Hall–Kier alpha value is -7.56. The van der Waals surface area contributed by atoms with Crippen molar-refractivity contribution in [3.63, 3.8) is 0 Å². The summed E-state index contributed by atoms with van der Waals surface area (Å²) in [7, 11) is 0. The molecule has 262 valence electrons. The van der Waals surface area contributed by atoms with E-state index in [-0.39, 0.29) is 0 Å². The Bertz CT molecular complexity index is 3480. The summed E-state index contributed by atoms with van der Waals surface area (Å²) >= 11 is 0. The quantitative estimate of drug-likeness (QED) is 0.178. The van der Waals surface area contributed by atoms with Crippen LogP contribution in [0.3, 0.4) is 0 Å². The van der Waals surface area contributed by atoms with Crippen molar-refractivity contribution in [1.82, 2.24) is 4.57 Å². The van der Waals surface area contributed by atoms with Crippen LogP contribution in [0, 0.1) is 0 Å². The molecule has 0 bridgehead atoms. The SMILES string of the molecule is c1ccc(N(c2ccc(-n3c4ccccc4c4c(-c5cccc6c5oc5ccccc56)c5c(cc43)oc3ccccc35)cc2)c2ccc3ccccc3c2)cc1. The van der Waals surface area contributed by atoms with E-state index in [1.807, 2.05) is 12.1 Å². The third-order valence-corrected chi connectivity index (χ3v) is 11.3. The van der Waals surface area contributed by atoms with Gasteiger partial charge < -0.3 is 18.3 Å². The average molecular weight is 717 g/mol. The predicted molar refractivity (Wildman–Crippen MR) is 233 cm³/mol. The Morgan fingerprint density at radius 3 is 1.86 bits per heavy atom. The van der Waals surface area contributed by atoms with Crippen LogP contribution in [0.25, 0.3) is 93.3 Å². The first kappa shape index (κ1) is 30.9. The molecule has 12 rings (SSSR count). The van der Waals surface area contributed by atoms with Crippen LogP contribution in [0.1, 0.15) is 0 Å². The molecule has 3 aromatic heterocycles. The van der Waals surface area contributed by atoms with E-state index in [0.29, 0.717) is 0 Å². The molecule has 12 aromatic rings. The molecule has 0 aliphatic carbocycles. The zero-order chi connectivity index (χ0) is 36.7. The van der Waals surface area contributed by atoms with E-state index in [9.17, 15) is 0 Å². The Balaban J connectivity index is 1.12. The molecule has 0 amide bonds. The van der Waals surface area contributed by atoms with Crippen LogP contribution in [0.5, 0.6) is 0 Å². The minimum Gasteiger partial charge on any atom is -0.456 e. The molecule has 0 saturated heterocycles. The number of hydrogen-bond acceptors (Lipinski definition) is 3. The first-order valence-electron chi connectivity index (χ1n) is 19.0. The zero-order valence-corrected chi connectivity index (χ0v) is 30.2. The second-order valence-electron chi connectivity index (χ2n) is 14.5. The van der Waals surface area contributed by atoms with Crippen molar-refractivity contribution in [2.24, 2.45) is 0 Å². The molecule has 0 atom stereocenters. The molecule has 0 unspecified atom stereocenters. The summed E-state index contributed by atoms with van der Waals surface area (Å²) in [5, 5.41) is 9.16. The monoisotopic (exact) mass is 716 g/mol. The summed E-state index contributed by atoms with van der Waals surface area (Å²) in [6.45, 7) is 0. The molecule has 0 saturated carbocycles. The van der Waals surface area contributed by atoms with Gasteiger partial charge in [0.05, 0.1) is 11.0 Å². The molecular weight excluding hydrogens is 685 g/mol. The standard InChI is InChI=1S/C52H32N2O2/c1-2-15-35(16-3-1)53(38-26-25-33-13-4-5-14-34(33)31-38)36-27-29-37(30-28-36)54-44-22-9-6-18-41(44)49-45(54)32-48-50(42-19-8-11-24-47(42)55-48)51(49)43-21-12-20-40-39-17-7-10-23-46(39)56-52(40)43/h1-32H. The van der Waals surface area contributed by atoms with Gasteiger partial charge in [-0.3, -0.25) is 0 Å². The second kappa shape index (κ2) is 12.0. The molecule has 4 nitrogen and oxygen atoms in total. The number of benzene rings is 9. The van der Waals surface area contributed by atoms with E-state index in [2.05, 4.69) is 191 Å². The average Bonchev–Trinajstić information content (AvgIpc) is 3.93. The molecule has 0 aliphatic heterocycles. The van der Waals surface area contributed by atoms with Gasteiger partial charge in [-0.1, -0.05) is 121 Å². The number of anilines is 3.